The normalized spacial score (nSPS) is 12.4. The third-order valence-electron chi connectivity index (χ3n) is 3.07. The van der Waals surface area contributed by atoms with Gasteiger partial charge in [0.1, 0.15) is 0 Å². The van der Waals surface area contributed by atoms with Crippen molar-refractivity contribution in [3.63, 3.8) is 0 Å². The van der Waals surface area contributed by atoms with Gasteiger partial charge in [-0.1, -0.05) is 32.4 Å². The summed E-state index contributed by atoms with van der Waals surface area (Å²) >= 11 is 0. The molecule has 0 heterocycles. The standard InChI is InChI=1S/C15H23NO3S/c1-5-10-15(3,4)16-20(18,19)13-9-7-8-12(11-13)14(17)6-2/h7-9,11,16H,5-6,10H2,1-4H3. The van der Waals surface area contributed by atoms with E-state index in [1.165, 1.54) is 12.1 Å². The fourth-order valence-corrected chi connectivity index (χ4v) is 3.63. The van der Waals surface area contributed by atoms with Gasteiger partial charge in [0.25, 0.3) is 0 Å². The van der Waals surface area contributed by atoms with Crippen LogP contribution in [0.2, 0.25) is 0 Å². The first-order valence-electron chi connectivity index (χ1n) is 6.89. The van der Waals surface area contributed by atoms with Crippen molar-refractivity contribution in [3.05, 3.63) is 29.8 Å². The largest absolute Gasteiger partial charge is 0.294 e. The smallest absolute Gasteiger partial charge is 0.241 e. The number of rotatable bonds is 7. The molecule has 0 saturated heterocycles. The SMILES string of the molecule is CCCC(C)(C)NS(=O)(=O)c1cccc(C(=O)CC)c1. The van der Waals surface area contributed by atoms with Gasteiger partial charge in [-0.15, -0.1) is 0 Å². The number of Topliss-reactive ketones (excluding diaryl/α,β-unsaturated/α-hetero) is 1. The van der Waals surface area contributed by atoms with E-state index in [4.69, 9.17) is 0 Å². The fraction of sp³-hybridized carbons (Fsp3) is 0.533. The summed E-state index contributed by atoms with van der Waals surface area (Å²) in [6.07, 6.45) is 2.00. The molecule has 112 valence electrons. The molecule has 0 unspecified atom stereocenters. The predicted molar refractivity (Wildman–Crippen MR) is 80.4 cm³/mol. The van der Waals surface area contributed by atoms with Gasteiger partial charge in [-0.25, -0.2) is 13.1 Å². The van der Waals surface area contributed by atoms with Crippen molar-refractivity contribution in [1.29, 1.82) is 0 Å². The quantitative estimate of drug-likeness (QED) is 0.786. The number of nitrogens with one attached hydrogen (secondary N) is 1. The van der Waals surface area contributed by atoms with Gasteiger partial charge in [-0.2, -0.15) is 0 Å². The average molecular weight is 297 g/mol. The van der Waals surface area contributed by atoms with Gasteiger partial charge in [0, 0.05) is 17.5 Å². The molecule has 0 bridgehead atoms. The van der Waals surface area contributed by atoms with Crippen LogP contribution in [0.5, 0.6) is 0 Å². The Bertz CT molecular complexity index is 577. The Morgan fingerprint density at radius 2 is 1.90 bits per heavy atom. The zero-order chi connectivity index (χ0) is 15.4. The molecule has 0 atom stereocenters. The van der Waals surface area contributed by atoms with E-state index in [-0.39, 0.29) is 10.7 Å². The Balaban J connectivity index is 3.07. The molecule has 1 aromatic rings. The van der Waals surface area contributed by atoms with Crippen molar-refractivity contribution in [2.24, 2.45) is 0 Å². The predicted octanol–water partition coefficient (Wildman–Crippen LogP) is 3.14. The second-order valence-electron chi connectivity index (χ2n) is 5.54. The van der Waals surface area contributed by atoms with E-state index < -0.39 is 15.6 Å². The third kappa shape index (κ3) is 4.42. The summed E-state index contributed by atoms with van der Waals surface area (Å²) in [5.74, 6) is -0.0603. The maximum absolute atomic E-state index is 12.4. The zero-order valence-electron chi connectivity index (χ0n) is 12.6. The number of hydrogen-bond donors (Lipinski definition) is 1. The summed E-state index contributed by atoms with van der Waals surface area (Å²) in [6, 6.07) is 6.19. The van der Waals surface area contributed by atoms with E-state index >= 15 is 0 Å². The number of benzene rings is 1. The highest BCUT2D eigenvalue weighted by molar-refractivity contribution is 7.89. The number of carbonyl (C=O) groups excluding carboxylic acids is 1. The van der Waals surface area contributed by atoms with Crippen molar-refractivity contribution in [1.82, 2.24) is 4.72 Å². The topological polar surface area (TPSA) is 63.2 Å². The Morgan fingerprint density at radius 3 is 2.45 bits per heavy atom. The minimum Gasteiger partial charge on any atom is -0.294 e. The van der Waals surface area contributed by atoms with Gasteiger partial charge in [-0.05, 0) is 32.4 Å². The van der Waals surface area contributed by atoms with Gasteiger partial charge in [0.2, 0.25) is 10.0 Å². The molecule has 0 aromatic heterocycles. The van der Waals surface area contributed by atoms with Crippen LogP contribution in [0.4, 0.5) is 0 Å². The summed E-state index contributed by atoms with van der Waals surface area (Å²) in [5, 5.41) is 0. The molecule has 1 aromatic carbocycles. The van der Waals surface area contributed by atoms with Crippen LogP contribution in [0.25, 0.3) is 0 Å². The molecule has 5 heteroatoms. The highest BCUT2D eigenvalue weighted by Crippen LogP contribution is 2.18. The molecule has 0 aliphatic heterocycles. The first kappa shape index (κ1) is 16.9. The van der Waals surface area contributed by atoms with E-state index in [0.717, 1.165) is 12.8 Å². The molecular weight excluding hydrogens is 274 g/mol. The second-order valence-corrected chi connectivity index (χ2v) is 7.23. The molecule has 0 amide bonds. The van der Waals surface area contributed by atoms with E-state index in [1.54, 1.807) is 19.1 Å². The van der Waals surface area contributed by atoms with E-state index in [2.05, 4.69) is 4.72 Å². The summed E-state index contributed by atoms with van der Waals surface area (Å²) in [5.41, 5.74) is -0.0677. The molecular formula is C15H23NO3S. The maximum Gasteiger partial charge on any atom is 0.241 e. The summed E-state index contributed by atoms with van der Waals surface area (Å²) in [4.78, 5) is 11.8. The van der Waals surface area contributed by atoms with E-state index in [0.29, 0.717) is 12.0 Å². The number of ketones is 1. The summed E-state index contributed by atoms with van der Waals surface area (Å²) < 4.78 is 27.4. The van der Waals surface area contributed by atoms with Crippen LogP contribution >= 0.6 is 0 Å². The second kappa shape index (κ2) is 6.50. The van der Waals surface area contributed by atoms with Gasteiger partial charge in [0.15, 0.2) is 5.78 Å². The van der Waals surface area contributed by atoms with Crippen LogP contribution < -0.4 is 4.72 Å². The minimum absolute atomic E-state index is 0.0603. The van der Waals surface area contributed by atoms with Crippen molar-refractivity contribution < 1.29 is 13.2 Å². The van der Waals surface area contributed by atoms with Gasteiger partial charge in [0.05, 0.1) is 4.90 Å². The molecule has 0 fully saturated rings. The lowest BCUT2D eigenvalue weighted by atomic mass is 10.0. The summed E-state index contributed by atoms with van der Waals surface area (Å²) in [7, 11) is -3.61. The first-order chi connectivity index (χ1) is 9.22. The molecule has 1 rings (SSSR count). The fourth-order valence-electron chi connectivity index (χ4n) is 2.14. The lowest BCUT2D eigenvalue weighted by Crippen LogP contribution is -2.43. The molecule has 0 radical (unpaired) electrons. The van der Waals surface area contributed by atoms with Crippen LogP contribution in [0.15, 0.2) is 29.2 Å². The minimum atomic E-state index is -3.61. The number of hydrogen-bond acceptors (Lipinski definition) is 3. The van der Waals surface area contributed by atoms with Gasteiger partial charge < -0.3 is 0 Å². The Labute approximate surface area is 121 Å². The molecule has 0 aliphatic carbocycles. The molecule has 20 heavy (non-hydrogen) atoms. The van der Waals surface area contributed by atoms with Crippen LogP contribution in [0.1, 0.15) is 57.3 Å². The molecule has 0 aliphatic rings. The zero-order valence-corrected chi connectivity index (χ0v) is 13.4. The molecule has 1 N–H and O–H groups in total. The molecule has 0 saturated carbocycles. The average Bonchev–Trinajstić information content (AvgIpc) is 2.36. The summed E-state index contributed by atoms with van der Waals surface area (Å²) in [6.45, 7) is 7.48. The third-order valence-corrected chi connectivity index (χ3v) is 4.77. The van der Waals surface area contributed by atoms with Crippen LogP contribution in [0.3, 0.4) is 0 Å². The number of sulfonamides is 1. The highest BCUT2D eigenvalue weighted by atomic mass is 32.2. The highest BCUT2D eigenvalue weighted by Gasteiger charge is 2.25. The van der Waals surface area contributed by atoms with Crippen molar-refractivity contribution >= 4 is 15.8 Å². The van der Waals surface area contributed by atoms with Crippen LogP contribution in [-0.2, 0) is 10.0 Å². The van der Waals surface area contributed by atoms with Gasteiger partial charge in [-0.3, -0.25) is 4.79 Å². The van der Waals surface area contributed by atoms with Crippen molar-refractivity contribution in [2.45, 2.75) is 57.4 Å². The van der Waals surface area contributed by atoms with E-state index in [1.807, 2.05) is 20.8 Å². The Kier molecular flexibility index (Phi) is 5.48. The number of carbonyl (C=O) groups is 1. The lowest BCUT2D eigenvalue weighted by molar-refractivity contribution is 0.0988. The van der Waals surface area contributed by atoms with Crippen molar-refractivity contribution in [3.8, 4) is 0 Å². The monoisotopic (exact) mass is 297 g/mol. The first-order valence-corrected chi connectivity index (χ1v) is 8.37. The van der Waals surface area contributed by atoms with Gasteiger partial charge >= 0.3 is 0 Å². The van der Waals surface area contributed by atoms with Crippen molar-refractivity contribution in [2.75, 3.05) is 0 Å². The molecule has 4 nitrogen and oxygen atoms in total. The van der Waals surface area contributed by atoms with Crippen LogP contribution in [-0.4, -0.2) is 19.7 Å². The maximum atomic E-state index is 12.4. The van der Waals surface area contributed by atoms with E-state index in [9.17, 15) is 13.2 Å². The van der Waals surface area contributed by atoms with Crippen LogP contribution in [0, 0.1) is 0 Å². The lowest BCUT2D eigenvalue weighted by Gasteiger charge is -2.25. The molecule has 0 spiro atoms. The Morgan fingerprint density at radius 1 is 1.25 bits per heavy atom. The Hall–Kier alpha value is -1.20.